The molecule has 1 aromatic rings. The summed E-state index contributed by atoms with van der Waals surface area (Å²) in [6.45, 7) is 6.45. The van der Waals surface area contributed by atoms with Gasteiger partial charge in [0.15, 0.2) is 0 Å². The molecule has 0 aromatic heterocycles. The smallest absolute Gasteiger partial charge is 0.123 e. The number of nitrogens with zero attached hydrogens (tertiary/aromatic N) is 1. The van der Waals surface area contributed by atoms with Crippen molar-refractivity contribution >= 4 is 0 Å². The average molecular weight is 277 g/mol. The summed E-state index contributed by atoms with van der Waals surface area (Å²) in [7, 11) is 0. The number of benzene rings is 1. The molecule has 110 valence electrons. The molecule has 0 bridgehead atoms. The van der Waals surface area contributed by atoms with Gasteiger partial charge in [-0.25, -0.2) is 4.39 Å². The molecule has 1 unspecified atom stereocenters. The maximum Gasteiger partial charge on any atom is 0.123 e. The molecule has 0 spiro atoms. The Bertz CT molecular complexity index is 431. The lowest BCUT2D eigenvalue weighted by atomic mass is 9.95. The summed E-state index contributed by atoms with van der Waals surface area (Å²) in [4.78, 5) is 2.54. The fourth-order valence-electron chi connectivity index (χ4n) is 3.40. The van der Waals surface area contributed by atoms with Crippen LogP contribution in [0.4, 0.5) is 4.39 Å². The predicted octanol–water partition coefficient (Wildman–Crippen LogP) is 1.77. The maximum absolute atomic E-state index is 13.5. The van der Waals surface area contributed by atoms with Crippen molar-refractivity contribution in [2.75, 3.05) is 39.3 Å². The molecule has 3 rings (SSSR count). The van der Waals surface area contributed by atoms with E-state index < -0.39 is 0 Å². The minimum atomic E-state index is -0.130. The summed E-state index contributed by atoms with van der Waals surface area (Å²) < 4.78 is 13.5. The highest BCUT2D eigenvalue weighted by Gasteiger charge is 2.26. The second kappa shape index (κ2) is 6.66. The molecule has 0 amide bonds. The lowest BCUT2D eigenvalue weighted by Crippen LogP contribution is -2.48. The van der Waals surface area contributed by atoms with Gasteiger partial charge in [0.1, 0.15) is 5.82 Å². The minimum Gasteiger partial charge on any atom is -0.317 e. The van der Waals surface area contributed by atoms with E-state index in [2.05, 4.69) is 21.6 Å². The Balaban J connectivity index is 1.70. The lowest BCUT2D eigenvalue weighted by Gasteiger charge is -2.39. The van der Waals surface area contributed by atoms with Crippen LogP contribution >= 0.6 is 0 Å². The minimum absolute atomic E-state index is 0.130. The molecule has 2 aliphatic rings. The number of halogens is 1. The van der Waals surface area contributed by atoms with Crippen molar-refractivity contribution in [2.24, 2.45) is 5.92 Å². The standard InChI is InChI=1S/C16H24FN3/c17-15-3-1-2-14(10-15)16-11-19-8-9-20(16)12-13-4-6-18-7-5-13/h1-3,10,13,16,18-19H,4-9,11-12H2. The van der Waals surface area contributed by atoms with E-state index in [1.54, 1.807) is 6.07 Å². The van der Waals surface area contributed by atoms with Crippen molar-refractivity contribution in [3.05, 3.63) is 35.6 Å². The third kappa shape index (κ3) is 3.37. The molecule has 0 saturated carbocycles. The van der Waals surface area contributed by atoms with Crippen LogP contribution in [-0.4, -0.2) is 44.2 Å². The van der Waals surface area contributed by atoms with Crippen molar-refractivity contribution in [2.45, 2.75) is 18.9 Å². The quantitative estimate of drug-likeness (QED) is 0.882. The van der Waals surface area contributed by atoms with E-state index in [1.165, 1.54) is 18.9 Å². The Morgan fingerprint density at radius 2 is 2.00 bits per heavy atom. The molecule has 2 heterocycles. The summed E-state index contributed by atoms with van der Waals surface area (Å²) >= 11 is 0. The zero-order chi connectivity index (χ0) is 13.8. The van der Waals surface area contributed by atoms with Crippen molar-refractivity contribution in [3.63, 3.8) is 0 Å². The van der Waals surface area contributed by atoms with E-state index in [9.17, 15) is 4.39 Å². The number of nitrogens with one attached hydrogen (secondary N) is 2. The molecule has 1 atom stereocenters. The molecule has 3 nitrogen and oxygen atoms in total. The Morgan fingerprint density at radius 1 is 1.15 bits per heavy atom. The Kier molecular flexibility index (Phi) is 4.65. The topological polar surface area (TPSA) is 27.3 Å². The van der Waals surface area contributed by atoms with E-state index in [4.69, 9.17) is 0 Å². The summed E-state index contributed by atoms with van der Waals surface area (Å²) in [6.07, 6.45) is 2.53. The number of rotatable bonds is 3. The van der Waals surface area contributed by atoms with Crippen molar-refractivity contribution in [3.8, 4) is 0 Å². The second-order valence-electron chi connectivity index (χ2n) is 5.96. The van der Waals surface area contributed by atoms with Crippen LogP contribution in [0.1, 0.15) is 24.4 Å². The molecule has 2 saturated heterocycles. The zero-order valence-corrected chi connectivity index (χ0v) is 11.9. The van der Waals surface area contributed by atoms with Crippen LogP contribution in [0.15, 0.2) is 24.3 Å². The molecule has 1 aromatic carbocycles. The van der Waals surface area contributed by atoms with Crippen molar-refractivity contribution < 1.29 is 4.39 Å². The Labute approximate surface area is 120 Å². The van der Waals surface area contributed by atoms with Crippen molar-refractivity contribution in [1.82, 2.24) is 15.5 Å². The first-order valence-corrected chi connectivity index (χ1v) is 7.74. The van der Waals surface area contributed by atoms with Gasteiger partial charge in [-0.3, -0.25) is 4.90 Å². The fraction of sp³-hybridized carbons (Fsp3) is 0.625. The summed E-state index contributed by atoms with van der Waals surface area (Å²) in [5.41, 5.74) is 1.10. The van der Waals surface area contributed by atoms with Crippen LogP contribution in [0.25, 0.3) is 0 Å². The van der Waals surface area contributed by atoms with Gasteiger partial charge in [-0.1, -0.05) is 12.1 Å². The van der Waals surface area contributed by atoms with Gasteiger partial charge in [-0.2, -0.15) is 0 Å². The third-order valence-corrected chi connectivity index (χ3v) is 4.54. The van der Waals surface area contributed by atoms with E-state index in [1.807, 2.05) is 6.07 Å². The molecule has 4 heteroatoms. The van der Waals surface area contributed by atoms with Crippen LogP contribution in [0.5, 0.6) is 0 Å². The molecular weight excluding hydrogens is 253 g/mol. The first kappa shape index (κ1) is 14.0. The van der Waals surface area contributed by atoms with Gasteiger partial charge in [-0.15, -0.1) is 0 Å². The predicted molar refractivity (Wildman–Crippen MR) is 79.2 cm³/mol. The molecule has 0 aliphatic carbocycles. The zero-order valence-electron chi connectivity index (χ0n) is 11.9. The second-order valence-corrected chi connectivity index (χ2v) is 5.96. The van der Waals surface area contributed by atoms with Crippen LogP contribution in [0, 0.1) is 11.7 Å². The highest BCUT2D eigenvalue weighted by molar-refractivity contribution is 5.21. The molecular formula is C16H24FN3. The molecule has 0 radical (unpaired) electrons. The first-order chi connectivity index (χ1) is 9.83. The summed E-state index contributed by atoms with van der Waals surface area (Å²) in [5, 5.41) is 6.87. The molecule has 2 N–H and O–H groups in total. The third-order valence-electron chi connectivity index (χ3n) is 4.54. The van der Waals surface area contributed by atoms with Gasteiger partial charge in [0, 0.05) is 32.2 Å². The van der Waals surface area contributed by atoms with Crippen LogP contribution in [0.3, 0.4) is 0 Å². The molecule has 2 aliphatic heterocycles. The molecule has 20 heavy (non-hydrogen) atoms. The largest absolute Gasteiger partial charge is 0.317 e. The number of piperazine rings is 1. The highest BCUT2D eigenvalue weighted by Crippen LogP contribution is 2.25. The van der Waals surface area contributed by atoms with Crippen molar-refractivity contribution in [1.29, 1.82) is 0 Å². The number of piperidine rings is 1. The first-order valence-electron chi connectivity index (χ1n) is 7.74. The van der Waals surface area contributed by atoms with E-state index in [0.717, 1.165) is 50.7 Å². The number of hydrogen-bond acceptors (Lipinski definition) is 3. The van der Waals surface area contributed by atoms with E-state index in [0.29, 0.717) is 6.04 Å². The highest BCUT2D eigenvalue weighted by atomic mass is 19.1. The van der Waals surface area contributed by atoms with Gasteiger partial charge in [-0.05, 0) is 49.5 Å². The van der Waals surface area contributed by atoms with Gasteiger partial charge in [0.05, 0.1) is 0 Å². The van der Waals surface area contributed by atoms with E-state index in [-0.39, 0.29) is 5.82 Å². The monoisotopic (exact) mass is 277 g/mol. The summed E-state index contributed by atoms with van der Waals surface area (Å²) in [5.74, 6) is 0.653. The Morgan fingerprint density at radius 3 is 2.80 bits per heavy atom. The maximum atomic E-state index is 13.5. The van der Waals surface area contributed by atoms with Gasteiger partial charge in [0.2, 0.25) is 0 Å². The SMILES string of the molecule is Fc1cccc(C2CNCCN2CC2CCNCC2)c1. The normalized spacial score (nSPS) is 25.8. The lowest BCUT2D eigenvalue weighted by molar-refractivity contribution is 0.126. The van der Waals surface area contributed by atoms with E-state index >= 15 is 0 Å². The van der Waals surface area contributed by atoms with Crippen LogP contribution < -0.4 is 10.6 Å². The number of hydrogen-bond donors (Lipinski definition) is 2. The summed E-state index contributed by atoms with van der Waals surface area (Å²) in [6, 6.07) is 7.40. The van der Waals surface area contributed by atoms with Gasteiger partial charge < -0.3 is 10.6 Å². The van der Waals surface area contributed by atoms with Gasteiger partial charge in [0.25, 0.3) is 0 Å². The average Bonchev–Trinajstić information content (AvgIpc) is 2.49. The van der Waals surface area contributed by atoms with Gasteiger partial charge >= 0.3 is 0 Å². The fourth-order valence-corrected chi connectivity index (χ4v) is 3.40. The van der Waals surface area contributed by atoms with Crippen LogP contribution in [-0.2, 0) is 0 Å². The Hall–Kier alpha value is -0.970. The molecule has 2 fully saturated rings. The van der Waals surface area contributed by atoms with Crippen LogP contribution in [0.2, 0.25) is 0 Å².